The molecule has 108 valence electrons. The molecule has 0 fully saturated rings. The minimum atomic E-state index is -1.05. The second kappa shape index (κ2) is 4.44. The van der Waals surface area contributed by atoms with E-state index in [4.69, 9.17) is 5.11 Å². The van der Waals surface area contributed by atoms with E-state index in [9.17, 15) is 9.59 Å². The minimum absolute atomic E-state index is 0.00856. The predicted octanol–water partition coefficient (Wildman–Crippen LogP) is 1.87. The molecule has 0 radical (unpaired) electrons. The lowest BCUT2D eigenvalue weighted by Crippen LogP contribution is -2.22. The maximum absolute atomic E-state index is 12.0. The number of benzene rings is 1. The molecule has 1 amide bonds. The van der Waals surface area contributed by atoms with E-state index in [-0.39, 0.29) is 17.5 Å². The van der Waals surface area contributed by atoms with Crippen LogP contribution in [0, 0.1) is 0 Å². The Morgan fingerprint density at radius 2 is 2.00 bits per heavy atom. The van der Waals surface area contributed by atoms with Gasteiger partial charge in [-0.2, -0.15) is 5.10 Å². The fourth-order valence-corrected chi connectivity index (χ4v) is 2.75. The number of carbonyl (C=O) groups excluding carboxylic acids is 1. The van der Waals surface area contributed by atoms with Gasteiger partial charge in [-0.25, -0.2) is 4.79 Å². The number of nitrogens with zero attached hydrogens (tertiary/aromatic N) is 3. The number of rotatable bonds is 2. The van der Waals surface area contributed by atoms with Crippen LogP contribution >= 0.6 is 0 Å². The molecule has 21 heavy (non-hydrogen) atoms. The Labute approximate surface area is 121 Å². The summed E-state index contributed by atoms with van der Waals surface area (Å²) in [5, 5.41) is 13.0. The summed E-state index contributed by atoms with van der Waals surface area (Å²) in [6.07, 6.45) is 0. The second-order valence-corrected chi connectivity index (χ2v) is 5.24. The number of hydrogen-bond donors (Lipinski definition) is 1. The molecule has 6 heteroatoms. The Morgan fingerprint density at radius 1 is 1.29 bits per heavy atom. The van der Waals surface area contributed by atoms with Crippen LogP contribution in [0.5, 0.6) is 0 Å². The van der Waals surface area contributed by atoms with Crippen molar-refractivity contribution in [3.8, 4) is 11.3 Å². The highest BCUT2D eigenvalue weighted by molar-refractivity contribution is 6.04. The molecule has 0 aliphatic carbocycles. The van der Waals surface area contributed by atoms with E-state index in [1.54, 1.807) is 19.0 Å². The smallest absolute Gasteiger partial charge is 0.356 e. The summed E-state index contributed by atoms with van der Waals surface area (Å²) < 4.78 is 1.54. The molecule has 1 aromatic carbocycles. The van der Waals surface area contributed by atoms with Gasteiger partial charge in [0.25, 0.3) is 0 Å². The van der Waals surface area contributed by atoms with Crippen molar-refractivity contribution in [1.82, 2.24) is 9.78 Å². The van der Waals surface area contributed by atoms with Crippen molar-refractivity contribution in [3.63, 3.8) is 0 Å². The van der Waals surface area contributed by atoms with Gasteiger partial charge < -0.3 is 10.0 Å². The highest BCUT2D eigenvalue weighted by Gasteiger charge is 2.32. The third-order valence-electron chi connectivity index (χ3n) is 3.95. The van der Waals surface area contributed by atoms with Gasteiger partial charge in [-0.3, -0.25) is 9.48 Å². The van der Waals surface area contributed by atoms with Crippen LogP contribution in [0.1, 0.15) is 28.9 Å². The number of aryl methyl sites for hydroxylation is 1. The molecule has 0 bridgehead atoms. The monoisotopic (exact) mass is 285 g/mol. The van der Waals surface area contributed by atoms with Crippen molar-refractivity contribution in [2.24, 2.45) is 7.05 Å². The molecule has 0 saturated heterocycles. The summed E-state index contributed by atoms with van der Waals surface area (Å²) in [6, 6.07) is 7.24. The van der Waals surface area contributed by atoms with Crippen LogP contribution in [0.25, 0.3) is 11.3 Å². The molecule has 2 heterocycles. The number of hydrogen-bond acceptors (Lipinski definition) is 3. The third kappa shape index (κ3) is 1.91. The fraction of sp³-hybridized carbons (Fsp3) is 0.267. The summed E-state index contributed by atoms with van der Waals surface area (Å²) in [4.78, 5) is 24.6. The van der Waals surface area contributed by atoms with Crippen molar-refractivity contribution in [2.45, 2.75) is 12.8 Å². The summed E-state index contributed by atoms with van der Waals surface area (Å²) in [7, 11) is 3.46. The van der Waals surface area contributed by atoms with Crippen LogP contribution < -0.4 is 4.90 Å². The van der Waals surface area contributed by atoms with Crippen LogP contribution in [0.4, 0.5) is 5.69 Å². The Balaban J connectivity index is 2.10. The normalized spacial score (nSPS) is 17.2. The standard InChI is InChI=1S/C15H15N3O3/c1-8-10-6-9(4-5-12(10)17(2)14(8)19)13-7-11(15(20)21)16-18(13)3/h4-8H,1-3H3,(H,20,21). The maximum Gasteiger partial charge on any atom is 0.356 e. The first-order valence-electron chi connectivity index (χ1n) is 6.59. The van der Waals surface area contributed by atoms with Gasteiger partial charge in [0.15, 0.2) is 5.69 Å². The largest absolute Gasteiger partial charge is 0.476 e. The molecule has 2 aromatic rings. The third-order valence-corrected chi connectivity index (χ3v) is 3.95. The van der Waals surface area contributed by atoms with E-state index >= 15 is 0 Å². The summed E-state index contributed by atoms with van der Waals surface area (Å²) in [6.45, 7) is 1.88. The molecule has 1 unspecified atom stereocenters. The molecule has 1 aliphatic heterocycles. The quantitative estimate of drug-likeness (QED) is 0.914. The van der Waals surface area contributed by atoms with E-state index in [1.807, 2.05) is 25.1 Å². The van der Waals surface area contributed by atoms with Gasteiger partial charge in [0.05, 0.1) is 11.6 Å². The molecule has 0 saturated carbocycles. The first-order valence-corrected chi connectivity index (χ1v) is 6.59. The van der Waals surface area contributed by atoms with Gasteiger partial charge in [-0.05, 0) is 30.7 Å². The number of anilines is 1. The van der Waals surface area contributed by atoms with Gasteiger partial charge in [0, 0.05) is 25.3 Å². The number of carboxylic acids is 1. The zero-order valence-electron chi connectivity index (χ0n) is 12.0. The van der Waals surface area contributed by atoms with E-state index in [2.05, 4.69) is 5.10 Å². The van der Waals surface area contributed by atoms with Crippen molar-refractivity contribution < 1.29 is 14.7 Å². The molecular weight excluding hydrogens is 270 g/mol. The molecule has 1 N–H and O–H groups in total. The molecule has 6 nitrogen and oxygen atoms in total. The minimum Gasteiger partial charge on any atom is -0.476 e. The number of amides is 1. The van der Waals surface area contributed by atoms with E-state index in [0.29, 0.717) is 5.69 Å². The highest BCUT2D eigenvalue weighted by Crippen LogP contribution is 2.38. The lowest BCUT2D eigenvalue weighted by Gasteiger charge is -2.10. The molecule has 1 aromatic heterocycles. The van der Waals surface area contributed by atoms with Gasteiger partial charge in [0.1, 0.15) is 0 Å². The first kappa shape index (κ1) is 13.4. The maximum atomic E-state index is 12.0. The Hall–Kier alpha value is -2.63. The van der Waals surface area contributed by atoms with Crippen molar-refractivity contribution in [3.05, 3.63) is 35.5 Å². The fourth-order valence-electron chi connectivity index (χ4n) is 2.75. The number of aromatic nitrogens is 2. The molecular formula is C15H15N3O3. The highest BCUT2D eigenvalue weighted by atomic mass is 16.4. The van der Waals surface area contributed by atoms with E-state index in [1.165, 1.54) is 10.7 Å². The van der Waals surface area contributed by atoms with Gasteiger partial charge in [-0.1, -0.05) is 6.07 Å². The lowest BCUT2D eigenvalue weighted by molar-refractivity contribution is -0.118. The number of likely N-dealkylation sites (N-methyl/N-ethyl adjacent to an activating group) is 1. The Kier molecular flexibility index (Phi) is 2.83. The Morgan fingerprint density at radius 3 is 2.62 bits per heavy atom. The average molecular weight is 285 g/mol. The molecule has 1 aliphatic rings. The first-order chi connectivity index (χ1) is 9.90. The van der Waals surface area contributed by atoms with E-state index < -0.39 is 5.97 Å². The van der Waals surface area contributed by atoms with Crippen molar-refractivity contribution >= 4 is 17.6 Å². The zero-order chi connectivity index (χ0) is 15.3. The number of carbonyl (C=O) groups is 2. The topological polar surface area (TPSA) is 75.4 Å². The van der Waals surface area contributed by atoms with Gasteiger partial charge >= 0.3 is 5.97 Å². The van der Waals surface area contributed by atoms with Crippen molar-refractivity contribution in [1.29, 1.82) is 0 Å². The van der Waals surface area contributed by atoms with Crippen LogP contribution in [0.3, 0.4) is 0 Å². The van der Waals surface area contributed by atoms with Crippen LogP contribution in [-0.4, -0.2) is 33.8 Å². The van der Waals surface area contributed by atoms with Crippen LogP contribution in [-0.2, 0) is 11.8 Å². The zero-order valence-corrected chi connectivity index (χ0v) is 12.0. The number of carboxylic acid groups (broad SMARTS) is 1. The average Bonchev–Trinajstić information content (AvgIpc) is 2.94. The lowest BCUT2D eigenvalue weighted by atomic mass is 9.99. The SMILES string of the molecule is CC1C(=O)N(C)c2ccc(-c3cc(C(=O)O)nn3C)cc21. The summed E-state index contributed by atoms with van der Waals surface area (Å²) in [5.74, 6) is -1.17. The number of fused-ring (bicyclic) bond motifs is 1. The summed E-state index contributed by atoms with van der Waals surface area (Å²) in [5.41, 5.74) is 3.43. The van der Waals surface area contributed by atoms with Crippen molar-refractivity contribution in [2.75, 3.05) is 11.9 Å². The molecule has 1 atom stereocenters. The van der Waals surface area contributed by atoms with E-state index in [0.717, 1.165) is 16.8 Å². The van der Waals surface area contributed by atoms with Gasteiger partial charge in [-0.15, -0.1) is 0 Å². The second-order valence-electron chi connectivity index (χ2n) is 5.24. The van der Waals surface area contributed by atoms with Crippen LogP contribution in [0.15, 0.2) is 24.3 Å². The van der Waals surface area contributed by atoms with Gasteiger partial charge in [0.2, 0.25) is 5.91 Å². The molecule has 0 spiro atoms. The number of aromatic carboxylic acids is 1. The summed E-state index contributed by atoms with van der Waals surface area (Å²) >= 11 is 0. The predicted molar refractivity (Wildman–Crippen MR) is 77.4 cm³/mol. The molecule has 3 rings (SSSR count). The van der Waals surface area contributed by atoms with Crippen LogP contribution in [0.2, 0.25) is 0 Å². The Bertz CT molecular complexity index is 764.